The molecule has 1 aromatic heterocycles. The average molecular weight is 446 g/mol. The lowest BCUT2D eigenvalue weighted by molar-refractivity contribution is -0.116. The van der Waals surface area contributed by atoms with Gasteiger partial charge in [-0.15, -0.1) is 0 Å². The van der Waals surface area contributed by atoms with Crippen molar-refractivity contribution in [3.05, 3.63) is 48.8 Å². The van der Waals surface area contributed by atoms with Crippen molar-refractivity contribution < 1.29 is 18.0 Å². The normalized spacial score (nSPS) is 15.0. The number of carbonyl (C=O) groups excluding carboxylic acids is 2. The molecule has 9 nitrogen and oxygen atoms in total. The lowest BCUT2D eigenvalue weighted by Gasteiger charge is -2.33. The largest absolute Gasteiger partial charge is 0.326 e. The van der Waals surface area contributed by atoms with Crippen molar-refractivity contribution in [2.24, 2.45) is 5.92 Å². The van der Waals surface area contributed by atoms with Crippen molar-refractivity contribution in [3.63, 3.8) is 0 Å². The van der Waals surface area contributed by atoms with Crippen LogP contribution >= 0.6 is 0 Å². The molecule has 1 fully saturated rings. The highest BCUT2D eigenvalue weighted by atomic mass is 32.2. The van der Waals surface area contributed by atoms with Gasteiger partial charge in [0.25, 0.3) is 0 Å². The Morgan fingerprint density at radius 3 is 2.16 bits per heavy atom. The molecule has 1 aliphatic heterocycles. The fraction of sp³-hybridized carbons (Fsp3) is 0.381. The number of anilines is 2. The molecule has 0 aliphatic carbocycles. The first-order valence-corrected chi connectivity index (χ1v) is 11.6. The number of rotatable bonds is 6. The summed E-state index contributed by atoms with van der Waals surface area (Å²) in [5.41, 5.74) is 1.26. The minimum Gasteiger partial charge on any atom is -0.326 e. The number of pyridine rings is 1. The first-order chi connectivity index (χ1) is 14.8. The number of benzene rings is 1. The number of piperazine rings is 1. The topological polar surface area (TPSA) is 112 Å². The quantitative estimate of drug-likeness (QED) is 0.710. The molecule has 0 saturated carbocycles. The van der Waals surface area contributed by atoms with Gasteiger partial charge >= 0.3 is 6.03 Å². The number of hydrogen-bond donors (Lipinski definition) is 2. The molecule has 1 saturated heterocycles. The number of nitrogens with zero attached hydrogens (tertiary/aromatic N) is 3. The van der Waals surface area contributed by atoms with Gasteiger partial charge in [-0.25, -0.2) is 13.2 Å². The zero-order valence-electron chi connectivity index (χ0n) is 17.6. The molecule has 3 amide bonds. The maximum absolute atomic E-state index is 12.7. The maximum Gasteiger partial charge on any atom is 0.321 e. The molecule has 2 N–H and O–H groups in total. The molecule has 10 heteroatoms. The van der Waals surface area contributed by atoms with Gasteiger partial charge in [-0.3, -0.25) is 9.78 Å². The van der Waals surface area contributed by atoms with E-state index in [1.165, 1.54) is 22.8 Å². The highest BCUT2D eigenvalue weighted by Gasteiger charge is 2.30. The molecule has 0 spiro atoms. The van der Waals surface area contributed by atoms with Gasteiger partial charge in [0, 0.05) is 56.4 Å². The SMILES string of the molecule is CC(C)CC(=O)Nc1ccc(NC(=O)N2CCN(S(=O)(=O)c3cccnc3)CC2)cc1. The molecule has 2 heterocycles. The molecule has 2 aromatic rings. The summed E-state index contributed by atoms with van der Waals surface area (Å²) >= 11 is 0. The summed E-state index contributed by atoms with van der Waals surface area (Å²) in [5, 5.41) is 5.63. The number of nitrogens with one attached hydrogen (secondary N) is 2. The molecule has 166 valence electrons. The minimum absolute atomic E-state index is 0.0501. The van der Waals surface area contributed by atoms with E-state index in [1.54, 1.807) is 35.2 Å². The lowest BCUT2D eigenvalue weighted by Crippen LogP contribution is -2.51. The van der Waals surface area contributed by atoms with Crippen molar-refractivity contribution >= 4 is 33.3 Å². The fourth-order valence-corrected chi connectivity index (χ4v) is 4.59. The van der Waals surface area contributed by atoms with Gasteiger partial charge in [0.2, 0.25) is 15.9 Å². The van der Waals surface area contributed by atoms with Crippen molar-refractivity contribution in [2.75, 3.05) is 36.8 Å². The number of hydrogen-bond acceptors (Lipinski definition) is 5. The van der Waals surface area contributed by atoms with Gasteiger partial charge in [-0.1, -0.05) is 13.8 Å². The Hall–Kier alpha value is -2.98. The van der Waals surface area contributed by atoms with Gasteiger partial charge in [0.05, 0.1) is 0 Å². The summed E-state index contributed by atoms with van der Waals surface area (Å²) in [7, 11) is -3.61. The smallest absolute Gasteiger partial charge is 0.321 e. The summed E-state index contributed by atoms with van der Waals surface area (Å²) in [4.78, 5) is 30.0. The third kappa shape index (κ3) is 6.02. The average Bonchev–Trinajstić information content (AvgIpc) is 2.75. The minimum atomic E-state index is -3.61. The molecule has 1 aromatic carbocycles. The standard InChI is InChI=1S/C21H27N5O4S/c1-16(2)14-20(27)23-17-5-7-18(8-6-17)24-21(28)25-10-12-26(13-11-25)31(29,30)19-4-3-9-22-15-19/h3-9,15-16H,10-14H2,1-2H3,(H,23,27)(H,24,28). The number of aromatic nitrogens is 1. The van der Waals surface area contributed by atoms with Gasteiger partial charge in [-0.05, 0) is 42.3 Å². The Balaban J connectivity index is 1.51. The van der Waals surface area contributed by atoms with Gasteiger partial charge in [0.15, 0.2) is 0 Å². The second-order valence-corrected chi connectivity index (χ2v) is 9.67. The van der Waals surface area contributed by atoms with Crippen molar-refractivity contribution in [3.8, 4) is 0 Å². The van der Waals surface area contributed by atoms with E-state index in [1.807, 2.05) is 13.8 Å². The van der Waals surface area contributed by atoms with E-state index in [9.17, 15) is 18.0 Å². The predicted molar refractivity (Wildman–Crippen MR) is 118 cm³/mol. The summed E-state index contributed by atoms with van der Waals surface area (Å²) in [5.74, 6) is 0.226. The van der Waals surface area contributed by atoms with Crippen LogP contribution in [-0.2, 0) is 14.8 Å². The van der Waals surface area contributed by atoms with Gasteiger partial charge in [0.1, 0.15) is 4.90 Å². The van der Waals surface area contributed by atoms with E-state index >= 15 is 0 Å². The van der Waals surface area contributed by atoms with Crippen LogP contribution in [0, 0.1) is 5.92 Å². The lowest BCUT2D eigenvalue weighted by atomic mass is 10.1. The third-order valence-corrected chi connectivity index (χ3v) is 6.69. The van der Waals surface area contributed by atoms with E-state index in [2.05, 4.69) is 15.6 Å². The second kappa shape index (κ2) is 9.88. The molecule has 31 heavy (non-hydrogen) atoms. The van der Waals surface area contributed by atoms with Gasteiger partial charge in [-0.2, -0.15) is 4.31 Å². The monoisotopic (exact) mass is 445 g/mol. The molecule has 3 rings (SSSR count). The van der Waals surface area contributed by atoms with E-state index in [0.717, 1.165) is 0 Å². The van der Waals surface area contributed by atoms with Crippen molar-refractivity contribution in [1.29, 1.82) is 0 Å². The number of carbonyl (C=O) groups is 2. The van der Waals surface area contributed by atoms with Gasteiger partial charge < -0.3 is 15.5 Å². The highest BCUT2D eigenvalue weighted by Crippen LogP contribution is 2.18. The van der Waals surface area contributed by atoms with E-state index in [4.69, 9.17) is 0 Å². The van der Waals surface area contributed by atoms with Crippen molar-refractivity contribution in [1.82, 2.24) is 14.2 Å². The van der Waals surface area contributed by atoms with Crippen LogP contribution in [0.4, 0.5) is 16.2 Å². The van der Waals surface area contributed by atoms with Crippen LogP contribution in [0.2, 0.25) is 0 Å². The molecule has 0 atom stereocenters. The fourth-order valence-electron chi connectivity index (χ4n) is 3.20. The zero-order valence-corrected chi connectivity index (χ0v) is 18.4. The van der Waals surface area contributed by atoms with Crippen LogP contribution in [0.3, 0.4) is 0 Å². The van der Waals surface area contributed by atoms with Crippen LogP contribution in [0.25, 0.3) is 0 Å². The predicted octanol–water partition coefficient (Wildman–Crippen LogP) is 2.60. The zero-order chi connectivity index (χ0) is 22.4. The van der Waals surface area contributed by atoms with Crippen LogP contribution in [-0.4, -0.2) is 60.7 Å². The van der Waals surface area contributed by atoms with Crippen LogP contribution in [0.15, 0.2) is 53.7 Å². The number of amides is 3. The number of sulfonamides is 1. The van der Waals surface area contributed by atoms with Crippen LogP contribution < -0.4 is 10.6 Å². The van der Waals surface area contributed by atoms with Crippen molar-refractivity contribution in [2.45, 2.75) is 25.2 Å². The summed E-state index contributed by atoms with van der Waals surface area (Å²) in [6.07, 6.45) is 3.29. The first-order valence-electron chi connectivity index (χ1n) is 10.1. The van der Waals surface area contributed by atoms with E-state index in [0.29, 0.717) is 17.8 Å². The molecule has 0 radical (unpaired) electrons. The Kier molecular flexibility index (Phi) is 7.24. The molecule has 0 unspecified atom stereocenters. The molecular formula is C21H27N5O4S. The highest BCUT2D eigenvalue weighted by molar-refractivity contribution is 7.89. The Bertz CT molecular complexity index is 1000. The summed E-state index contributed by atoms with van der Waals surface area (Å²) < 4.78 is 26.7. The van der Waals surface area contributed by atoms with E-state index < -0.39 is 10.0 Å². The Morgan fingerprint density at radius 1 is 1.00 bits per heavy atom. The Labute approximate surface area is 182 Å². The molecular weight excluding hydrogens is 418 g/mol. The first kappa shape index (κ1) is 22.7. The van der Waals surface area contributed by atoms with Crippen LogP contribution in [0.1, 0.15) is 20.3 Å². The Morgan fingerprint density at radius 2 is 1.61 bits per heavy atom. The second-order valence-electron chi connectivity index (χ2n) is 7.73. The van der Waals surface area contributed by atoms with Crippen LogP contribution in [0.5, 0.6) is 0 Å². The molecule has 1 aliphatic rings. The van der Waals surface area contributed by atoms with E-state index in [-0.39, 0.29) is 48.9 Å². The number of urea groups is 1. The molecule has 0 bridgehead atoms. The summed E-state index contributed by atoms with van der Waals surface area (Å²) in [6, 6.07) is 9.68. The maximum atomic E-state index is 12.7. The third-order valence-electron chi connectivity index (χ3n) is 4.81. The summed E-state index contributed by atoms with van der Waals surface area (Å²) in [6.45, 7) is 4.96.